The maximum Gasteiger partial charge on any atom is 0.379 e. The van der Waals surface area contributed by atoms with Crippen molar-refractivity contribution in [3.8, 4) is 11.5 Å². The van der Waals surface area contributed by atoms with E-state index in [1.807, 2.05) is 0 Å². The third kappa shape index (κ3) is 2.42. The third-order valence-corrected chi connectivity index (χ3v) is 2.19. The van der Waals surface area contributed by atoms with E-state index in [0.29, 0.717) is 10.6 Å². The molecule has 0 unspecified atom stereocenters. The van der Waals surface area contributed by atoms with Gasteiger partial charge in [0.1, 0.15) is 0 Å². The monoisotopic (exact) mass is 253 g/mol. The predicted octanol–water partition coefficient (Wildman–Crippen LogP) is 1.96. The molecule has 0 radical (unpaired) electrons. The Morgan fingerprint density at radius 2 is 2.41 bits per heavy atom. The van der Waals surface area contributed by atoms with Crippen LogP contribution >= 0.6 is 11.6 Å². The maximum atomic E-state index is 11.3. The molecule has 88 valence electrons. The Morgan fingerprint density at radius 3 is 3.12 bits per heavy atom. The second-order valence-electron chi connectivity index (χ2n) is 3.00. The highest BCUT2D eigenvalue weighted by Gasteiger charge is 2.17. The van der Waals surface area contributed by atoms with Crippen molar-refractivity contribution >= 4 is 17.6 Å². The number of hydrogen-bond donors (Lipinski definition) is 0. The molecule has 17 heavy (non-hydrogen) atoms. The van der Waals surface area contributed by atoms with E-state index in [1.165, 1.54) is 12.4 Å². The molecule has 0 aliphatic heterocycles. The zero-order chi connectivity index (χ0) is 12.3. The lowest BCUT2D eigenvalue weighted by atomic mass is 10.3. The van der Waals surface area contributed by atoms with Crippen LogP contribution in [0.15, 0.2) is 23.0 Å². The number of nitrogens with zero attached hydrogens (tertiary/aromatic N) is 3. The molecule has 0 bridgehead atoms. The summed E-state index contributed by atoms with van der Waals surface area (Å²) in [6, 6.07) is 1.62. The van der Waals surface area contributed by atoms with Crippen LogP contribution in [0.1, 0.15) is 17.5 Å². The number of hydrogen-bond acceptors (Lipinski definition) is 6. The first-order valence-corrected chi connectivity index (χ1v) is 5.21. The van der Waals surface area contributed by atoms with E-state index in [9.17, 15) is 4.79 Å². The van der Waals surface area contributed by atoms with Gasteiger partial charge in [0.05, 0.1) is 17.2 Å². The van der Waals surface area contributed by atoms with Gasteiger partial charge < -0.3 is 9.26 Å². The lowest BCUT2D eigenvalue weighted by Crippen LogP contribution is -2.06. The second-order valence-corrected chi connectivity index (χ2v) is 3.41. The molecule has 2 aromatic rings. The van der Waals surface area contributed by atoms with Gasteiger partial charge in [-0.05, 0) is 18.1 Å². The fraction of sp³-hybridized carbons (Fsp3) is 0.200. The van der Waals surface area contributed by atoms with Gasteiger partial charge in [0.2, 0.25) is 0 Å². The summed E-state index contributed by atoms with van der Waals surface area (Å²) in [4.78, 5) is 19.0. The molecule has 6 nitrogen and oxygen atoms in total. The number of aromatic nitrogens is 3. The Morgan fingerprint density at radius 1 is 1.59 bits per heavy atom. The number of esters is 1. The lowest BCUT2D eigenvalue weighted by molar-refractivity contribution is 0.0508. The molecule has 0 N–H and O–H groups in total. The minimum absolute atomic E-state index is 0.130. The van der Waals surface area contributed by atoms with Crippen molar-refractivity contribution in [1.29, 1.82) is 0 Å². The van der Waals surface area contributed by atoms with Crippen LogP contribution in [0.5, 0.6) is 0 Å². The van der Waals surface area contributed by atoms with Gasteiger partial charge >= 0.3 is 5.97 Å². The van der Waals surface area contributed by atoms with E-state index < -0.39 is 5.97 Å². The predicted molar refractivity (Wildman–Crippen MR) is 58.5 cm³/mol. The topological polar surface area (TPSA) is 78.1 Å². The normalized spacial score (nSPS) is 10.2. The van der Waals surface area contributed by atoms with Crippen LogP contribution < -0.4 is 0 Å². The zero-order valence-corrected chi connectivity index (χ0v) is 9.64. The van der Waals surface area contributed by atoms with Crippen molar-refractivity contribution < 1.29 is 14.1 Å². The van der Waals surface area contributed by atoms with Crippen LogP contribution in [0.2, 0.25) is 5.02 Å². The quantitative estimate of drug-likeness (QED) is 0.778. The second kappa shape index (κ2) is 4.92. The standard InChI is InChI=1S/C10H8ClN3O3/c1-2-16-10(15)8-13-9(17-14-8)6-3-4-12-5-7(6)11/h3-5H,2H2,1H3. The van der Waals surface area contributed by atoms with Gasteiger partial charge in [-0.15, -0.1) is 0 Å². The van der Waals surface area contributed by atoms with E-state index in [0.717, 1.165) is 0 Å². The number of rotatable bonds is 3. The largest absolute Gasteiger partial charge is 0.460 e. The highest BCUT2D eigenvalue weighted by Crippen LogP contribution is 2.24. The van der Waals surface area contributed by atoms with Gasteiger partial charge in [0.25, 0.3) is 11.7 Å². The molecule has 2 rings (SSSR count). The Hall–Kier alpha value is -1.95. The van der Waals surface area contributed by atoms with E-state index in [1.54, 1.807) is 13.0 Å². The molecule has 0 atom stereocenters. The number of ether oxygens (including phenoxy) is 1. The van der Waals surface area contributed by atoms with E-state index in [2.05, 4.69) is 15.1 Å². The van der Waals surface area contributed by atoms with Gasteiger partial charge in [0.15, 0.2) is 0 Å². The molecule has 0 aromatic carbocycles. The molecular weight excluding hydrogens is 246 g/mol. The van der Waals surface area contributed by atoms with Crippen LogP contribution in [0.3, 0.4) is 0 Å². The molecular formula is C10H8ClN3O3. The summed E-state index contributed by atoms with van der Waals surface area (Å²) in [5, 5.41) is 3.88. The number of carbonyl (C=O) groups excluding carboxylic acids is 1. The summed E-state index contributed by atoms with van der Waals surface area (Å²) < 4.78 is 9.66. The minimum Gasteiger partial charge on any atom is -0.460 e. The highest BCUT2D eigenvalue weighted by molar-refractivity contribution is 6.32. The molecule has 0 saturated heterocycles. The smallest absolute Gasteiger partial charge is 0.379 e. The number of carbonyl (C=O) groups is 1. The zero-order valence-electron chi connectivity index (χ0n) is 8.88. The Kier molecular flexibility index (Phi) is 3.34. The summed E-state index contributed by atoms with van der Waals surface area (Å²) in [7, 11) is 0. The van der Waals surface area contributed by atoms with Crippen molar-refractivity contribution in [2.45, 2.75) is 6.92 Å². The summed E-state index contributed by atoms with van der Waals surface area (Å²) in [5.74, 6) is -0.608. The molecule has 7 heteroatoms. The summed E-state index contributed by atoms with van der Waals surface area (Å²) in [5.41, 5.74) is 0.518. The van der Waals surface area contributed by atoms with Gasteiger partial charge in [-0.1, -0.05) is 11.6 Å². The van der Waals surface area contributed by atoms with Gasteiger partial charge in [-0.2, -0.15) is 4.98 Å². The number of pyridine rings is 1. The average Bonchev–Trinajstić information content (AvgIpc) is 2.79. The third-order valence-electron chi connectivity index (χ3n) is 1.89. The maximum absolute atomic E-state index is 11.3. The lowest BCUT2D eigenvalue weighted by Gasteiger charge is -1.95. The fourth-order valence-corrected chi connectivity index (χ4v) is 1.36. The van der Waals surface area contributed by atoms with Crippen LogP contribution in [0.25, 0.3) is 11.5 Å². The molecule has 0 amide bonds. The molecule has 2 heterocycles. The Labute approximate surface area is 102 Å². The fourth-order valence-electron chi connectivity index (χ4n) is 1.16. The first-order chi connectivity index (χ1) is 8.22. The van der Waals surface area contributed by atoms with E-state index >= 15 is 0 Å². The van der Waals surface area contributed by atoms with Crippen LogP contribution in [0.4, 0.5) is 0 Å². The van der Waals surface area contributed by atoms with Gasteiger partial charge in [0, 0.05) is 12.4 Å². The molecule has 0 aliphatic rings. The average molecular weight is 254 g/mol. The Balaban J connectivity index is 2.30. The van der Waals surface area contributed by atoms with Crippen LogP contribution in [-0.2, 0) is 4.74 Å². The van der Waals surface area contributed by atoms with Crippen molar-refractivity contribution in [2.75, 3.05) is 6.61 Å². The van der Waals surface area contributed by atoms with E-state index in [-0.39, 0.29) is 18.3 Å². The molecule has 0 fully saturated rings. The first kappa shape index (κ1) is 11.5. The molecule has 0 saturated carbocycles. The highest BCUT2D eigenvalue weighted by atomic mass is 35.5. The Bertz CT molecular complexity index is 541. The first-order valence-electron chi connectivity index (χ1n) is 4.83. The molecule has 0 spiro atoms. The summed E-state index contributed by atoms with van der Waals surface area (Å²) in [6.45, 7) is 1.94. The SMILES string of the molecule is CCOC(=O)c1noc(-c2ccncc2Cl)n1. The van der Waals surface area contributed by atoms with Crippen molar-refractivity contribution in [2.24, 2.45) is 0 Å². The van der Waals surface area contributed by atoms with Gasteiger partial charge in [-0.3, -0.25) is 4.98 Å². The number of halogens is 1. The van der Waals surface area contributed by atoms with Gasteiger partial charge in [-0.25, -0.2) is 4.79 Å². The molecule has 0 aliphatic carbocycles. The molecule has 2 aromatic heterocycles. The summed E-state index contributed by atoms with van der Waals surface area (Å²) >= 11 is 5.90. The van der Waals surface area contributed by atoms with Crippen molar-refractivity contribution in [1.82, 2.24) is 15.1 Å². The van der Waals surface area contributed by atoms with Crippen molar-refractivity contribution in [3.63, 3.8) is 0 Å². The van der Waals surface area contributed by atoms with Crippen LogP contribution in [0, 0.1) is 0 Å². The summed E-state index contributed by atoms with van der Waals surface area (Å²) in [6.07, 6.45) is 2.99. The van der Waals surface area contributed by atoms with Crippen LogP contribution in [-0.4, -0.2) is 27.7 Å². The van der Waals surface area contributed by atoms with E-state index in [4.69, 9.17) is 20.9 Å². The minimum atomic E-state index is -0.632. The van der Waals surface area contributed by atoms with Crippen molar-refractivity contribution in [3.05, 3.63) is 29.3 Å².